The zero-order valence-corrected chi connectivity index (χ0v) is 5.00. The molecular weight excluding hydrogens is 108 g/mol. The Morgan fingerprint density at radius 2 is 2.67 bits per heavy atom. The number of benzene rings is 1. The van der Waals surface area contributed by atoms with Gasteiger partial charge in [0, 0.05) is 6.85 Å². The Balaban J connectivity index is 3.83. The molecule has 1 aromatic rings. The molecule has 0 N–H and O–H groups in total. The summed E-state index contributed by atoms with van der Waals surface area (Å²) in [5.74, 6) is 0. The fourth-order valence-corrected chi connectivity index (χ4v) is 0.469. The van der Waals surface area contributed by atoms with Crippen LogP contribution in [0.3, 0.4) is 0 Å². The van der Waals surface area contributed by atoms with E-state index in [1.807, 2.05) is 0 Å². The van der Waals surface area contributed by atoms with E-state index >= 15 is 0 Å². The smallest absolute Gasteiger partial charge is 0.0617 e. The Hall–Kier alpha value is -0.780. The van der Waals surface area contributed by atoms with E-state index < -0.39 is 48.5 Å². The summed E-state index contributed by atoms with van der Waals surface area (Å²) in [5.41, 5.74) is -1.14. The maximum absolute atomic E-state index is 7.71. The molecule has 0 amide bonds. The highest BCUT2D eigenvalue weighted by molar-refractivity contribution is 5.21. The lowest BCUT2D eigenvalue weighted by Crippen LogP contribution is -1.78. The molecule has 48 valence electrons. The second-order valence-electron chi connectivity index (χ2n) is 1.50. The second-order valence-corrected chi connectivity index (χ2v) is 1.50. The maximum Gasteiger partial charge on any atom is 0.0628 e. The van der Waals surface area contributed by atoms with Crippen LogP contribution in [0.2, 0.25) is 0 Å². The monoisotopic (exact) mass is 129 g/mol. The Kier molecular flexibility index (Phi) is 0.429. The van der Waals surface area contributed by atoms with Crippen LogP contribution in [0.5, 0.6) is 0 Å². The third-order valence-electron chi connectivity index (χ3n) is 0.875. The lowest BCUT2D eigenvalue weighted by molar-refractivity contribution is 1.13. The molecule has 1 aromatic carbocycles. The van der Waals surface area contributed by atoms with E-state index in [-0.39, 0.29) is 0 Å². The van der Waals surface area contributed by atoms with Gasteiger partial charge in [-0.15, -0.1) is 0 Å². The van der Waals surface area contributed by atoms with Gasteiger partial charge in [-0.25, -0.2) is 0 Å². The molecular formula is C9H12. The van der Waals surface area contributed by atoms with Crippen LogP contribution in [-0.2, 0) is 6.37 Å². The van der Waals surface area contributed by atoms with Crippen molar-refractivity contribution in [3.63, 3.8) is 0 Å². The molecule has 0 bridgehead atoms. The first kappa shape index (κ1) is 1.45. The van der Waals surface area contributed by atoms with Crippen molar-refractivity contribution < 1.29 is 12.3 Å². The minimum absolute atomic E-state index is 0.463. The van der Waals surface area contributed by atoms with Crippen molar-refractivity contribution in [2.24, 2.45) is 0 Å². The lowest BCUT2D eigenvalue weighted by atomic mass is 10.1. The lowest BCUT2D eigenvalue weighted by Gasteiger charge is -1.95. The first-order valence-corrected chi connectivity index (χ1v) is 2.50. The summed E-state index contributed by atoms with van der Waals surface area (Å²) in [7, 11) is 0. The van der Waals surface area contributed by atoms with Crippen molar-refractivity contribution in [1.29, 1.82) is 0 Å². The maximum atomic E-state index is 7.71. The van der Waals surface area contributed by atoms with Crippen molar-refractivity contribution in [2.45, 2.75) is 20.1 Å². The first-order valence-electron chi connectivity index (χ1n) is 7.00. The van der Waals surface area contributed by atoms with Gasteiger partial charge in [-0.1, -0.05) is 36.7 Å². The SMILES string of the molecule is [2H]c1c([2H])c(C([2H])([2H])[2H])c([2H])c(C([2H])([2H])C)c1[2H]. The molecule has 0 nitrogen and oxygen atoms in total. The normalized spacial score (nSPS) is 27.0. The quantitative estimate of drug-likeness (QED) is 0.546. The van der Waals surface area contributed by atoms with Crippen molar-refractivity contribution >= 4 is 0 Å². The van der Waals surface area contributed by atoms with Gasteiger partial charge in [-0.05, 0) is 18.8 Å². The summed E-state index contributed by atoms with van der Waals surface area (Å²) >= 11 is 0. The molecule has 0 saturated heterocycles. The largest absolute Gasteiger partial charge is 0.0628 e. The number of rotatable bonds is 1. The molecule has 0 atom stereocenters. The highest BCUT2D eigenvalue weighted by Crippen LogP contribution is 2.03. The standard InChI is InChI=1S/C9H12/c1-3-9-6-4-5-8(2)7-9/h4-7H,3H2,1-2H3/i2D3,3D2,4D,5D,6D,7D. The Morgan fingerprint density at radius 1 is 1.78 bits per heavy atom. The molecule has 0 aliphatic rings. The van der Waals surface area contributed by atoms with Crippen LogP contribution >= 0.6 is 0 Å². The van der Waals surface area contributed by atoms with E-state index in [1.165, 1.54) is 0 Å². The van der Waals surface area contributed by atoms with Gasteiger partial charge in [-0.2, -0.15) is 0 Å². The fourth-order valence-electron chi connectivity index (χ4n) is 0.469. The van der Waals surface area contributed by atoms with E-state index in [1.54, 1.807) is 0 Å². The summed E-state index contributed by atoms with van der Waals surface area (Å²) in [4.78, 5) is 0. The van der Waals surface area contributed by atoms with Gasteiger partial charge >= 0.3 is 0 Å². The third kappa shape index (κ3) is 1.56. The van der Waals surface area contributed by atoms with Crippen molar-refractivity contribution in [3.05, 3.63) is 35.3 Å². The fraction of sp³-hybridized carbons (Fsp3) is 0.333. The Morgan fingerprint density at radius 3 is 3.33 bits per heavy atom. The average molecular weight is 129 g/mol. The summed E-state index contributed by atoms with van der Waals surface area (Å²) in [5, 5.41) is 0. The second kappa shape index (κ2) is 2.67. The Labute approximate surface area is 69.2 Å². The first-order chi connectivity index (χ1) is 7.89. The number of hydrogen-bond donors (Lipinski definition) is 0. The molecule has 0 heterocycles. The van der Waals surface area contributed by atoms with Gasteiger partial charge in [0.05, 0.1) is 5.48 Å². The highest BCUT2D eigenvalue weighted by atomic mass is 13.9. The predicted molar refractivity (Wildman–Crippen MR) is 40.6 cm³/mol. The molecule has 0 heteroatoms. The summed E-state index contributed by atoms with van der Waals surface area (Å²) < 4.78 is 67.1. The van der Waals surface area contributed by atoms with Crippen molar-refractivity contribution in [2.75, 3.05) is 0 Å². The zero-order chi connectivity index (χ0) is 14.5. The molecule has 0 spiro atoms. The minimum atomic E-state index is -2.78. The predicted octanol–water partition coefficient (Wildman–Crippen LogP) is 2.56. The molecule has 0 saturated carbocycles. The van der Waals surface area contributed by atoms with Crippen molar-refractivity contribution in [1.82, 2.24) is 0 Å². The van der Waals surface area contributed by atoms with Gasteiger partial charge in [0.1, 0.15) is 0 Å². The molecule has 0 aliphatic heterocycles. The summed E-state index contributed by atoms with van der Waals surface area (Å²) in [6.45, 7) is -1.69. The van der Waals surface area contributed by atoms with Crippen LogP contribution < -0.4 is 0 Å². The van der Waals surface area contributed by atoms with E-state index in [9.17, 15) is 0 Å². The summed E-state index contributed by atoms with van der Waals surface area (Å²) in [6.07, 6.45) is -2.11. The molecule has 0 aromatic heterocycles. The van der Waals surface area contributed by atoms with Gasteiger partial charge in [0.2, 0.25) is 0 Å². The van der Waals surface area contributed by atoms with E-state index in [4.69, 9.17) is 12.3 Å². The van der Waals surface area contributed by atoms with E-state index in [0.29, 0.717) is 0 Å². The van der Waals surface area contributed by atoms with Crippen LogP contribution in [0.25, 0.3) is 0 Å². The van der Waals surface area contributed by atoms with Crippen LogP contribution in [0.1, 0.15) is 30.4 Å². The third-order valence-corrected chi connectivity index (χ3v) is 0.875. The zero-order valence-electron chi connectivity index (χ0n) is 14.0. The minimum Gasteiger partial charge on any atom is -0.0617 e. The van der Waals surface area contributed by atoms with Gasteiger partial charge in [-0.3, -0.25) is 0 Å². The number of hydrogen-bond acceptors (Lipinski definition) is 0. The highest BCUT2D eigenvalue weighted by Gasteiger charge is 1.85. The van der Waals surface area contributed by atoms with Crippen LogP contribution in [-0.4, -0.2) is 0 Å². The van der Waals surface area contributed by atoms with Crippen LogP contribution in [0.15, 0.2) is 24.2 Å². The topological polar surface area (TPSA) is 0 Å². The van der Waals surface area contributed by atoms with Crippen LogP contribution in [0, 0.1) is 6.85 Å². The van der Waals surface area contributed by atoms with Gasteiger partial charge < -0.3 is 0 Å². The van der Waals surface area contributed by atoms with Crippen molar-refractivity contribution in [3.8, 4) is 0 Å². The van der Waals surface area contributed by atoms with E-state index in [0.717, 1.165) is 6.92 Å². The molecule has 0 unspecified atom stereocenters. The Bertz CT molecular complexity index is 439. The average Bonchev–Trinajstić information content (AvgIpc) is 2.09. The molecule has 0 radical (unpaired) electrons. The van der Waals surface area contributed by atoms with Gasteiger partial charge in [0.25, 0.3) is 0 Å². The molecule has 1 rings (SSSR count). The van der Waals surface area contributed by atoms with Crippen LogP contribution in [0.4, 0.5) is 0 Å². The molecule has 0 aliphatic carbocycles. The molecule has 9 heavy (non-hydrogen) atoms. The van der Waals surface area contributed by atoms with Gasteiger partial charge in [0.15, 0.2) is 0 Å². The van der Waals surface area contributed by atoms with E-state index in [2.05, 4.69) is 0 Å². The molecule has 0 fully saturated rings. The summed E-state index contributed by atoms with van der Waals surface area (Å²) in [6, 6.07) is -2.67.